The third kappa shape index (κ3) is 3.76. The second-order valence-electron chi connectivity index (χ2n) is 5.97. The van der Waals surface area contributed by atoms with Crippen LogP contribution in [-0.2, 0) is 13.6 Å². The predicted molar refractivity (Wildman–Crippen MR) is 88.4 cm³/mol. The van der Waals surface area contributed by atoms with Crippen LogP contribution in [0.2, 0.25) is 0 Å². The van der Waals surface area contributed by atoms with Gasteiger partial charge in [0, 0.05) is 32.4 Å². The molecule has 0 radical (unpaired) electrons. The van der Waals surface area contributed by atoms with Gasteiger partial charge in [-0.05, 0) is 44.0 Å². The van der Waals surface area contributed by atoms with Gasteiger partial charge in [0.25, 0.3) is 0 Å². The molecular formula is C16H24N6. The van der Waals surface area contributed by atoms with Crippen LogP contribution >= 0.6 is 0 Å². The van der Waals surface area contributed by atoms with Crippen molar-refractivity contribution in [3.63, 3.8) is 0 Å². The van der Waals surface area contributed by atoms with E-state index in [0.717, 1.165) is 31.7 Å². The van der Waals surface area contributed by atoms with Crippen LogP contribution in [0, 0.1) is 0 Å². The van der Waals surface area contributed by atoms with Gasteiger partial charge in [0.2, 0.25) is 0 Å². The molecule has 2 aromatic heterocycles. The summed E-state index contributed by atoms with van der Waals surface area (Å²) >= 11 is 0. The third-order valence-electron chi connectivity index (χ3n) is 4.29. The van der Waals surface area contributed by atoms with Crippen molar-refractivity contribution in [2.75, 3.05) is 24.1 Å². The summed E-state index contributed by atoms with van der Waals surface area (Å²) in [7, 11) is 2.01. The molecule has 0 amide bonds. The molecule has 3 rings (SSSR count). The van der Waals surface area contributed by atoms with E-state index in [9.17, 15) is 0 Å². The standard InChI is InChI=1S/C16H24N6/c1-21-15(6-8-19-21)12-22-9-2-3-13(7-10-22)20-14-4-5-16(17)18-11-14/h4-6,8,11,13,20H,2-3,7,9-10,12H2,1H3,(H2,17,18)/t13-/m1/s1. The fourth-order valence-electron chi connectivity index (χ4n) is 2.97. The highest BCUT2D eigenvalue weighted by Crippen LogP contribution is 2.18. The molecule has 1 saturated heterocycles. The first-order chi connectivity index (χ1) is 10.7. The van der Waals surface area contributed by atoms with E-state index in [2.05, 4.69) is 26.4 Å². The number of aryl methyl sites for hydroxylation is 1. The Balaban J connectivity index is 1.53. The molecule has 22 heavy (non-hydrogen) atoms. The van der Waals surface area contributed by atoms with Crippen LogP contribution in [0.15, 0.2) is 30.6 Å². The van der Waals surface area contributed by atoms with Crippen molar-refractivity contribution >= 4 is 11.5 Å². The molecule has 118 valence electrons. The van der Waals surface area contributed by atoms with Gasteiger partial charge in [-0.3, -0.25) is 9.58 Å². The molecule has 1 fully saturated rings. The van der Waals surface area contributed by atoms with E-state index < -0.39 is 0 Å². The zero-order chi connectivity index (χ0) is 15.4. The second kappa shape index (κ2) is 6.79. The van der Waals surface area contributed by atoms with E-state index in [4.69, 9.17) is 5.73 Å². The van der Waals surface area contributed by atoms with Crippen LogP contribution in [-0.4, -0.2) is 38.8 Å². The smallest absolute Gasteiger partial charge is 0.123 e. The van der Waals surface area contributed by atoms with Gasteiger partial charge >= 0.3 is 0 Å². The van der Waals surface area contributed by atoms with E-state index in [1.165, 1.54) is 18.5 Å². The maximum absolute atomic E-state index is 5.63. The first kappa shape index (κ1) is 14.8. The minimum Gasteiger partial charge on any atom is -0.384 e. The number of aromatic nitrogens is 3. The molecule has 1 atom stereocenters. The number of nitrogens with zero attached hydrogens (tertiary/aromatic N) is 4. The second-order valence-corrected chi connectivity index (χ2v) is 5.97. The number of rotatable bonds is 4. The minimum absolute atomic E-state index is 0.502. The summed E-state index contributed by atoms with van der Waals surface area (Å²) < 4.78 is 1.96. The average molecular weight is 300 g/mol. The summed E-state index contributed by atoms with van der Waals surface area (Å²) in [6.45, 7) is 3.22. The zero-order valence-electron chi connectivity index (χ0n) is 13.1. The molecule has 2 aromatic rings. The summed E-state index contributed by atoms with van der Waals surface area (Å²) in [5.41, 5.74) is 7.95. The monoisotopic (exact) mass is 300 g/mol. The van der Waals surface area contributed by atoms with Crippen molar-refractivity contribution < 1.29 is 0 Å². The number of hydrogen-bond acceptors (Lipinski definition) is 5. The number of hydrogen-bond donors (Lipinski definition) is 2. The summed E-state index contributed by atoms with van der Waals surface area (Å²) in [6.07, 6.45) is 7.21. The number of anilines is 2. The fraction of sp³-hybridized carbons (Fsp3) is 0.500. The van der Waals surface area contributed by atoms with Crippen LogP contribution in [0.5, 0.6) is 0 Å². The van der Waals surface area contributed by atoms with E-state index in [1.807, 2.05) is 36.3 Å². The maximum atomic E-state index is 5.63. The van der Waals surface area contributed by atoms with E-state index in [0.29, 0.717) is 11.9 Å². The van der Waals surface area contributed by atoms with Crippen molar-refractivity contribution in [3.05, 3.63) is 36.3 Å². The van der Waals surface area contributed by atoms with Gasteiger partial charge in [0.15, 0.2) is 0 Å². The van der Waals surface area contributed by atoms with Gasteiger partial charge in [-0.1, -0.05) is 0 Å². The largest absolute Gasteiger partial charge is 0.384 e. The predicted octanol–water partition coefficient (Wildman–Crippen LogP) is 1.86. The summed E-state index contributed by atoms with van der Waals surface area (Å²) in [5.74, 6) is 0.564. The fourth-order valence-corrected chi connectivity index (χ4v) is 2.97. The first-order valence-electron chi connectivity index (χ1n) is 7.88. The highest BCUT2D eigenvalue weighted by molar-refractivity contribution is 5.45. The Morgan fingerprint density at radius 3 is 2.91 bits per heavy atom. The Bertz CT molecular complexity index is 591. The Hall–Kier alpha value is -2.08. The molecule has 6 heteroatoms. The van der Waals surface area contributed by atoms with Gasteiger partial charge in [-0.25, -0.2) is 4.98 Å². The molecule has 6 nitrogen and oxygen atoms in total. The van der Waals surface area contributed by atoms with Crippen LogP contribution in [0.1, 0.15) is 25.0 Å². The molecule has 1 aliphatic heterocycles. The van der Waals surface area contributed by atoms with Crippen molar-refractivity contribution in [1.82, 2.24) is 19.7 Å². The van der Waals surface area contributed by atoms with Gasteiger partial charge in [-0.15, -0.1) is 0 Å². The Labute approximate surface area is 131 Å². The van der Waals surface area contributed by atoms with Gasteiger partial charge in [-0.2, -0.15) is 5.10 Å². The minimum atomic E-state index is 0.502. The maximum Gasteiger partial charge on any atom is 0.123 e. The first-order valence-corrected chi connectivity index (χ1v) is 7.88. The number of nitrogens with two attached hydrogens (primary N) is 1. The third-order valence-corrected chi connectivity index (χ3v) is 4.29. The molecule has 0 unspecified atom stereocenters. The molecule has 0 saturated carbocycles. The lowest BCUT2D eigenvalue weighted by molar-refractivity contribution is 0.269. The van der Waals surface area contributed by atoms with Crippen LogP contribution in [0.25, 0.3) is 0 Å². The van der Waals surface area contributed by atoms with Crippen molar-refractivity contribution in [3.8, 4) is 0 Å². The summed E-state index contributed by atoms with van der Waals surface area (Å²) in [5, 5.41) is 7.82. The van der Waals surface area contributed by atoms with Gasteiger partial charge in [0.1, 0.15) is 5.82 Å². The Morgan fingerprint density at radius 1 is 1.27 bits per heavy atom. The van der Waals surface area contributed by atoms with Crippen molar-refractivity contribution in [1.29, 1.82) is 0 Å². The molecule has 0 aromatic carbocycles. The van der Waals surface area contributed by atoms with Crippen LogP contribution in [0.3, 0.4) is 0 Å². The summed E-state index contributed by atoms with van der Waals surface area (Å²) in [4.78, 5) is 6.65. The molecule has 3 N–H and O–H groups in total. The quantitative estimate of drug-likeness (QED) is 0.902. The molecular weight excluding hydrogens is 276 g/mol. The van der Waals surface area contributed by atoms with E-state index in [-0.39, 0.29) is 0 Å². The zero-order valence-corrected chi connectivity index (χ0v) is 13.1. The lowest BCUT2D eigenvalue weighted by Gasteiger charge is -2.20. The SMILES string of the molecule is Cn1nccc1CN1CCC[C@@H](Nc2ccc(N)nc2)CC1. The number of nitrogen functional groups attached to an aromatic ring is 1. The van der Waals surface area contributed by atoms with E-state index in [1.54, 1.807) is 0 Å². The normalized spacial score (nSPS) is 19.8. The van der Waals surface area contributed by atoms with E-state index >= 15 is 0 Å². The average Bonchev–Trinajstić information content (AvgIpc) is 2.78. The highest BCUT2D eigenvalue weighted by Gasteiger charge is 2.17. The topological polar surface area (TPSA) is 72.0 Å². The van der Waals surface area contributed by atoms with Gasteiger partial charge in [0.05, 0.1) is 17.6 Å². The Kier molecular flexibility index (Phi) is 4.58. The lowest BCUT2D eigenvalue weighted by atomic mass is 10.1. The highest BCUT2D eigenvalue weighted by atomic mass is 15.3. The van der Waals surface area contributed by atoms with Crippen LogP contribution in [0.4, 0.5) is 11.5 Å². The van der Waals surface area contributed by atoms with Gasteiger partial charge < -0.3 is 11.1 Å². The number of pyridine rings is 1. The summed E-state index contributed by atoms with van der Waals surface area (Å²) in [6, 6.07) is 6.44. The molecule has 0 spiro atoms. The Morgan fingerprint density at radius 2 is 2.18 bits per heavy atom. The van der Waals surface area contributed by atoms with Crippen molar-refractivity contribution in [2.45, 2.75) is 31.8 Å². The number of nitrogens with one attached hydrogen (secondary N) is 1. The van der Waals surface area contributed by atoms with Crippen LogP contribution < -0.4 is 11.1 Å². The molecule has 1 aliphatic rings. The molecule has 3 heterocycles. The molecule has 0 aliphatic carbocycles. The number of likely N-dealkylation sites (tertiary alicyclic amines) is 1. The molecule has 0 bridgehead atoms. The lowest BCUT2D eigenvalue weighted by Crippen LogP contribution is -2.27. The van der Waals surface area contributed by atoms with Crippen molar-refractivity contribution in [2.24, 2.45) is 7.05 Å².